The number of piperidine rings is 1. The summed E-state index contributed by atoms with van der Waals surface area (Å²) in [6, 6.07) is 4.45. The lowest BCUT2D eigenvalue weighted by molar-refractivity contribution is -0.139. The maximum Gasteiger partial charge on any atom is 0.338 e. The van der Waals surface area contributed by atoms with Crippen molar-refractivity contribution in [2.45, 2.75) is 25.8 Å². The number of urea groups is 1. The van der Waals surface area contributed by atoms with Crippen molar-refractivity contribution in [2.24, 2.45) is 11.7 Å². The molecule has 3 rings (SSSR count). The molecule has 0 aromatic heterocycles. The standard InChI is InChI=1S/C20H25FN4O4/c1-2-29-19(27)16-15(11-25-8-6-12(7-9-25)18(22)26)23-20(28)24-17(16)13-4-3-5-14(21)10-13/h3-5,10,12,17H,2,6-9,11H2,1H3,(H2,22,26)(H2,23,24,28). The van der Waals surface area contributed by atoms with Crippen LogP contribution in [0.1, 0.15) is 31.4 Å². The average Bonchev–Trinajstić information content (AvgIpc) is 2.68. The van der Waals surface area contributed by atoms with Crippen LogP contribution in [0.15, 0.2) is 35.5 Å². The Hall–Kier alpha value is -2.94. The molecule has 2 heterocycles. The SMILES string of the molecule is CCOC(=O)C1=C(CN2CCC(C(N)=O)CC2)NC(=O)NC1c1cccc(F)c1. The first-order valence-corrected chi connectivity index (χ1v) is 9.63. The molecule has 8 nitrogen and oxygen atoms in total. The number of amides is 3. The van der Waals surface area contributed by atoms with Crippen LogP contribution in [0.5, 0.6) is 0 Å². The number of hydrogen-bond acceptors (Lipinski definition) is 5. The molecule has 4 N–H and O–H groups in total. The van der Waals surface area contributed by atoms with Gasteiger partial charge in [0.1, 0.15) is 5.82 Å². The summed E-state index contributed by atoms with van der Waals surface area (Å²) in [6.45, 7) is 3.39. The second-order valence-electron chi connectivity index (χ2n) is 7.15. The van der Waals surface area contributed by atoms with Crippen molar-refractivity contribution in [3.05, 3.63) is 46.9 Å². The monoisotopic (exact) mass is 404 g/mol. The first-order chi connectivity index (χ1) is 13.9. The van der Waals surface area contributed by atoms with E-state index < -0.39 is 23.9 Å². The number of carbonyl (C=O) groups excluding carboxylic acids is 3. The number of rotatable bonds is 6. The maximum atomic E-state index is 13.8. The zero-order valence-corrected chi connectivity index (χ0v) is 16.2. The summed E-state index contributed by atoms with van der Waals surface area (Å²) in [5.74, 6) is -1.50. The fourth-order valence-corrected chi connectivity index (χ4v) is 3.73. The van der Waals surface area contributed by atoms with E-state index in [1.165, 1.54) is 18.2 Å². The van der Waals surface area contributed by atoms with Gasteiger partial charge in [0, 0.05) is 18.2 Å². The summed E-state index contributed by atoms with van der Waals surface area (Å²) < 4.78 is 19.0. The van der Waals surface area contributed by atoms with Crippen molar-refractivity contribution in [3.63, 3.8) is 0 Å². The Kier molecular flexibility index (Phi) is 6.48. The van der Waals surface area contributed by atoms with Crippen molar-refractivity contribution in [1.82, 2.24) is 15.5 Å². The molecule has 1 atom stereocenters. The van der Waals surface area contributed by atoms with Gasteiger partial charge in [-0.1, -0.05) is 12.1 Å². The molecule has 1 unspecified atom stereocenters. The number of nitrogens with two attached hydrogens (primary N) is 1. The van der Waals surface area contributed by atoms with Gasteiger partial charge in [0.15, 0.2) is 0 Å². The van der Waals surface area contributed by atoms with Gasteiger partial charge in [0.05, 0.1) is 18.2 Å². The van der Waals surface area contributed by atoms with Crippen molar-refractivity contribution in [2.75, 3.05) is 26.2 Å². The first-order valence-electron chi connectivity index (χ1n) is 9.63. The Labute approximate surface area is 168 Å². The van der Waals surface area contributed by atoms with Gasteiger partial charge in [0.2, 0.25) is 5.91 Å². The summed E-state index contributed by atoms with van der Waals surface area (Å²) in [4.78, 5) is 38.4. The molecule has 1 aromatic carbocycles. The fraction of sp³-hybridized carbons (Fsp3) is 0.450. The number of hydrogen-bond donors (Lipinski definition) is 3. The van der Waals surface area contributed by atoms with Crippen molar-refractivity contribution in [3.8, 4) is 0 Å². The predicted molar refractivity (Wildman–Crippen MR) is 103 cm³/mol. The van der Waals surface area contributed by atoms with E-state index in [-0.39, 0.29) is 24.0 Å². The number of halogens is 1. The van der Waals surface area contributed by atoms with Gasteiger partial charge in [0.25, 0.3) is 0 Å². The highest BCUT2D eigenvalue weighted by Gasteiger charge is 2.35. The van der Waals surface area contributed by atoms with E-state index >= 15 is 0 Å². The number of nitrogens with one attached hydrogen (secondary N) is 2. The molecule has 1 fully saturated rings. The van der Waals surface area contributed by atoms with Gasteiger partial charge in [-0.25, -0.2) is 14.0 Å². The number of primary amides is 1. The second-order valence-corrected chi connectivity index (χ2v) is 7.15. The smallest absolute Gasteiger partial charge is 0.338 e. The minimum Gasteiger partial charge on any atom is -0.463 e. The van der Waals surface area contributed by atoms with Crippen LogP contribution in [-0.2, 0) is 14.3 Å². The van der Waals surface area contributed by atoms with Crippen molar-refractivity contribution in [1.29, 1.82) is 0 Å². The summed E-state index contributed by atoms with van der Waals surface area (Å²) >= 11 is 0. The molecule has 0 bridgehead atoms. The highest BCUT2D eigenvalue weighted by atomic mass is 19.1. The Morgan fingerprint density at radius 3 is 2.66 bits per heavy atom. The topological polar surface area (TPSA) is 114 Å². The number of esters is 1. The molecule has 156 valence electrons. The van der Waals surface area contributed by atoms with E-state index in [1.807, 2.05) is 4.90 Å². The zero-order chi connectivity index (χ0) is 21.0. The summed E-state index contributed by atoms with van der Waals surface area (Å²) in [6.07, 6.45) is 1.24. The molecule has 1 aromatic rings. The van der Waals surface area contributed by atoms with Crippen LogP contribution < -0.4 is 16.4 Å². The van der Waals surface area contributed by atoms with E-state index in [0.717, 1.165) is 0 Å². The van der Waals surface area contributed by atoms with E-state index in [4.69, 9.17) is 10.5 Å². The van der Waals surface area contributed by atoms with Gasteiger partial charge in [-0.15, -0.1) is 0 Å². The van der Waals surface area contributed by atoms with Crippen LogP contribution in [0.2, 0.25) is 0 Å². The van der Waals surface area contributed by atoms with Crippen LogP contribution in [0.4, 0.5) is 9.18 Å². The first kappa shape index (κ1) is 20.8. The van der Waals surface area contributed by atoms with E-state index in [9.17, 15) is 18.8 Å². The summed E-state index contributed by atoms with van der Waals surface area (Å²) in [5, 5.41) is 5.39. The van der Waals surface area contributed by atoms with E-state index in [0.29, 0.717) is 43.7 Å². The normalized spacial score (nSPS) is 20.8. The third-order valence-corrected chi connectivity index (χ3v) is 5.20. The lowest BCUT2D eigenvalue weighted by atomic mass is 9.93. The Balaban J connectivity index is 1.90. The van der Waals surface area contributed by atoms with E-state index in [1.54, 1.807) is 13.0 Å². The minimum atomic E-state index is -0.823. The van der Waals surface area contributed by atoms with Crippen LogP contribution in [-0.4, -0.2) is 49.0 Å². The number of benzene rings is 1. The van der Waals surface area contributed by atoms with Crippen LogP contribution in [0, 0.1) is 11.7 Å². The van der Waals surface area contributed by atoms with Gasteiger partial charge < -0.3 is 21.1 Å². The molecule has 2 aliphatic rings. The lowest BCUT2D eigenvalue weighted by Crippen LogP contribution is -2.49. The van der Waals surface area contributed by atoms with Gasteiger partial charge in [-0.3, -0.25) is 9.69 Å². The van der Waals surface area contributed by atoms with Crippen LogP contribution in [0.25, 0.3) is 0 Å². The molecular formula is C20H25FN4O4. The molecular weight excluding hydrogens is 379 g/mol. The van der Waals surface area contributed by atoms with Gasteiger partial charge in [-0.2, -0.15) is 0 Å². The molecule has 9 heteroatoms. The molecule has 0 spiro atoms. The van der Waals surface area contributed by atoms with Crippen LogP contribution in [0.3, 0.4) is 0 Å². The average molecular weight is 404 g/mol. The largest absolute Gasteiger partial charge is 0.463 e. The third-order valence-electron chi connectivity index (χ3n) is 5.20. The summed E-state index contributed by atoms with van der Waals surface area (Å²) in [7, 11) is 0. The number of ether oxygens (including phenoxy) is 1. The van der Waals surface area contributed by atoms with Crippen LogP contribution >= 0.6 is 0 Å². The Bertz CT molecular complexity index is 834. The van der Waals surface area contributed by atoms with Crippen molar-refractivity contribution < 1.29 is 23.5 Å². The van der Waals surface area contributed by atoms with Crippen molar-refractivity contribution >= 4 is 17.9 Å². The van der Waals surface area contributed by atoms with Gasteiger partial charge in [-0.05, 0) is 50.6 Å². The number of carbonyl (C=O) groups is 3. The quantitative estimate of drug-likeness (QED) is 0.617. The molecule has 0 radical (unpaired) electrons. The zero-order valence-electron chi connectivity index (χ0n) is 16.2. The molecule has 0 saturated carbocycles. The predicted octanol–water partition coefficient (Wildman–Crippen LogP) is 1.19. The molecule has 2 aliphatic heterocycles. The molecule has 0 aliphatic carbocycles. The second kappa shape index (κ2) is 9.04. The minimum absolute atomic E-state index is 0.160. The number of likely N-dealkylation sites (tertiary alicyclic amines) is 1. The maximum absolute atomic E-state index is 13.8. The van der Waals surface area contributed by atoms with Gasteiger partial charge >= 0.3 is 12.0 Å². The Morgan fingerprint density at radius 2 is 2.03 bits per heavy atom. The van der Waals surface area contributed by atoms with E-state index in [2.05, 4.69) is 10.6 Å². The fourth-order valence-electron chi connectivity index (χ4n) is 3.73. The molecule has 29 heavy (non-hydrogen) atoms. The lowest BCUT2D eigenvalue weighted by Gasteiger charge is -2.34. The molecule has 3 amide bonds. The Morgan fingerprint density at radius 1 is 1.31 bits per heavy atom. The third kappa shape index (κ3) is 4.92. The number of nitrogens with zero attached hydrogens (tertiary/aromatic N) is 1. The molecule has 1 saturated heterocycles. The highest BCUT2D eigenvalue weighted by molar-refractivity contribution is 5.95. The highest BCUT2D eigenvalue weighted by Crippen LogP contribution is 2.29. The summed E-state index contributed by atoms with van der Waals surface area (Å²) in [5.41, 5.74) is 6.49.